The zero-order valence-corrected chi connectivity index (χ0v) is 16.1. The number of piperidine rings is 1. The number of esters is 1. The second kappa shape index (κ2) is 9.45. The van der Waals surface area contributed by atoms with E-state index in [1.165, 1.54) is 24.1 Å². The van der Waals surface area contributed by atoms with Gasteiger partial charge in [-0.15, -0.1) is 0 Å². The van der Waals surface area contributed by atoms with Gasteiger partial charge in [-0.3, -0.25) is 9.59 Å². The Balaban J connectivity index is 2.05. The Morgan fingerprint density at radius 3 is 2.67 bits per heavy atom. The molecule has 0 bridgehead atoms. The van der Waals surface area contributed by atoms with Crippen molar-refractivity contribution in [1.29, 1.82) is 0 Å². The van der Waals surface area contributed by atoms with Crippen molar-refractivity contribution < 1.29 is 28.6 Å². The van der Waals surface area contributed by atoms with Gasteiger partial charge in [0.05, 0.1) is 24.3 Å². The quantitative estimate of drug-likeness (QED) is 0.701. The Morgan fingerprint density at radius 1 is 1.30 bits per heavy atom. The number of primary amides is 1. The van der Waals surface area contributed by atoms with Crippen molar-refractivity contribution in [1.82, 2.24) is 4.90 Å². The van der Waals surface area contributed by atoms with Crippen molar-refractivity contribution in [2.45, 2.75) is 32.2 Å². The van der Waals surface area contributed by atoms with Gasteiger partial charge in [0.15, 0.2) is 18.1 Å². The molecule has 1 aliphatic rings. The number of nitrogens with zero attached hydrogens (tertiary/aromatic N) is 1. The first-order chi connectivity index (χ1) is 12.9. The predicted octanol–water partition coefficient (Wildman–Crippen LogP) is 1.77. The normalized spacial score (nSPS) is 16.6. The number of hydrogen-bond donors (Lipinski definition) is 1. The highest BCUT2D eigenvalue weighted by Gasteiger charge is 2.31. The zero-order valence-electron chi connectivity index (χ0n) is 15.3. The first-order valence-electron chi connectivity index (χ1n) is 8.65. The van der Waals surface area contributed by atoms with Crippen molar-refractivity contribution in [2.24, 2.45) is 5.73 Å². The second-order valence-corrected chi connectivity index (χ2v) is 6.41. The molecule has 0 radical (unpaired) electrons. The first-order valence-corrected chi connectivity index (χ1v) is 9.03. The van der Waals surface area contributed by atoms with Crippen LogP contribution in [0.2, 0.25) is 5.02 Å². The van der Waals surface area contributed by atoms with Crippen LogP contribution in [0, 0.1) is 0 Å². The van der Waals surface area contributed by atoms with E-state index in [-0.39, 0.29) is 16.3 Å². The molecule has 1 fully saturated rings. The number of carbonyl (C=O) groups excluding carboxylic acids is 3. The van der Waals surface area contributed by atoms with Gasteiger partial charge in [0, 0.05) is 6.54 Å². The molecule has 148 valence electrons. The molecule has 1 saturated heterocycles. The number of ether oxygens (including phenoxy) is 3. The number of hydrogen-bond acceptors (Lipinski definition) is 6. The fraction of sp³-hybridized carbons (Fsp3) is 0.500. The summed E-state index contributed by atoms with van der Waals surface area (Å²) >= 11 is 6.14. The van der Waals surface area contributed by atoms with Gasteiger partial charge in [-0.25, -0.2) is 4.79 Å². The van der Waals surface area contributed by atoms with E-state index in [9.17, 15) is 14.4 Å². The summed E-state index contributed by atoms with van der Waals surface area (Å²) < 4.78 is 15.7. The largest absolute Gasteiger partial charge is 0.493 e. The molecule has 0 aromatic heterocycles. The van der Waals surface area contributed by atoms with Crippen LogP contribution in [0.15, 0.2) is 12.1 Å². The SMILES string of the molecule is CCOc1c(Cl)cc(C(=O)OCC(=O)N2CCCC[C@H]2C(N)=O)cc1OC. The number of benzene rings is 1. The lowest BCUT2D eigenvalue weighted by Crippen LogP contribution is -2.51. The van der Waals surface area contributed by atoms with Gasteiger partial charge in [-0.05, 0) is 38.3 Å². The molecule has 1 aliphatic heterocycles. The molecule has 0 saturated carbocycles. The molecule has 0 unspecified atom stereocenters. The lowest BCUT2D eigenvalue weighted by atomic mass is 10.0. The number of halogens is 1. The van der Waals surface area contributed by atoms with E-state index in [4.69, 9.17) is 31.5 Å². The third-order valence-electron chi connectivity index (χ3n) is 4.23. The first kappa shape index (κ1) is 20.8. The molecule has 2 amide bonds. The van der Waals surface area contributed by atoms with Gasteiger partial charge >= 0.3 is 5.97 Å². The van der Waals surface area contributed by atoms with E-state index in [0.717, 1.165) is 12.8 Å². The van der Waals surface area contributed by atoms with Crippen LogP contribution in [0.5, 0.6) is 11.5 Å². The molecule has 2 rings (SSSR count). The predicted molar refractivity (Wildman–Crippen MR) is 98.0 cm³/mol. The van der Waals surface area contributed by atoms with Gasteiger partial charge in [-0.2, -0.15) is 0 Å². The van der Waals surface area contributed by atoms with Crippen LogP contribution in [0.25, 0.3) is 0 Å². The van der Waals surface area contributed by atoms with Crippen LogP contribution in [0.4, 0.5) is 0 Å². The van der Waals surface area contributed by atoms with E-state index in [1.54, 1.807) is 6.92 Å². The third kappa shape index (κ3) is 5.03. The van der Waals surface area contributed by atoms with Gasteiger partial charge in [-0.1, -0.05) is 11.6 Å². The average molecular weight is 399 g/mol. The van der Waals surface area contributed by atoms with Crippen LogP contribution in [-0.2, 0) is 14.3 Å². The van der Waals surface area contributed by atoms with Crippen LogP contribution in [0.1, 0.15) is 36.5 Å². The lowest BCUT2D eigenvalue weighted by Gasteiger charge is -2.33. The summed E-state index contributed by atoms with van der Waals surface area (Å²) in [5, 5.41) is 0.194. The molecular weight excluding hydrogens is 376 g/mol. The van der Waals surface area contributed by atoms with Gasteiger partial charge in [0.1, 0.15) is 6.04 Å². The van der Waals surface area contributed by atoms with Crippen molar-refractivity contribution in [3.05, 3.63) is 22.7 Å². The van der Waals surface area contributed by atoms with E-state index >= 15 is 0 Å². The number of rotatable bonds is 7. The number of carbonyl (C=O) groups is 3. The fourth-order valence-corrected chi connectivity index (χ4v) is 3.21. The molecule has 1 aromatic rings. The van der Waals surface area contributed by atoms with Crippen molar-refractivity contribution in [2.75, 3.05) is 26.9 Å². The molecule has 1 heterocycles. The molecule has 0 aliphatic carbocycles. The third-order valence-corrected chi connectivity index (χ3v) is 4.51. The minimum Gasteiger partial charge on any atom is -0.493 e. The van der Waals surface area contributed by atoms with Crippen molar-refractivity contribution >= 4 is 29.4 Å². The number of nitrogens with two attached hydrogens (primary N) is 1. The Bertz CT molecular complexity index is 724. The Morgan fingerprint density at radius 2 is 2.04 bits per heavy atom. The summed E-state index contributed by atoms with van der Waals surface area (Å²) in [5.41, 5.74) is 5.47. The standard InChI is InChI=1S/C18H23ClN2O6/c1-3-26-16-12(19)8-11(9-14(16)25-2)18(24)27-10-15(22)21-7-5-4-6-13(21)17(20)23/h8-9,13H,3-7,10H2,1-2H3,(H2,20,23)/t13-/m0/s1. The van der Waals surface area contributed by atoms with E-state index in [2.05, 4.69) is 0 Å². The van der Waals surface area contributed by atoms with Crippen LogP contribution < -0.4 is 15.2 Å². The summed E-state index contributed by atoms with van der Waals surface area (Å²) in [7, 11) is 1.42. The molecule has 9 heteroatoms. The Kier molecular flexibility index (Phi) is 7.29. The zero-order chi connectivity index (χ0) is 20.0. The highest BCUT2D eigenvalue weighted by Crippen LogP contribution is 2.36. The number of likely N-dealkylation sites (tertiary alicyclic amines) is 1. The monoisotopic (exact) mass is 398 g/mol. The molecule has 2 N–H and O–H groups in total. The minimum absolute atomic E-state index is 0.123. The maximum atomic E-state index is 12.3. The topological polar surface area (TPSA) is 108 Å². The smallest absolute Gasteiger partial charge is 0.338 e. The van der Waals surface area contributed by atoms with Gasteiger partial charge in [0.2, 0.25) is 5.91 Å². The minimum atomic E-state index is -0.737. The molecule has 8 nitrogen and oxygen atoms in total. The van der Waals surface area contributed by atoms with Gasteiger partial charge < -0.3 is 24.8 Å². The number of amides is 2. The Labute approximate surface area is 162 Å². The molecule has 1 aromatic carbocycles. The summed E-state index contributed by atoms with van der Waals surface area (Å²) in [6.07, 6.45) is 2.11. The molecular formula is C18H23ClN2O6. The summed E-state index contributed by atoms with van der Waals surface area (Å²) in [4.78, 5) is 37.5. The summed E-state index contributed by atoms with van der Waals surface area (Å²) in [6, 6.07) is 2.15. The van der Waals surface area contributed by atoms with Crippen molar-refractivity contribution in [3.63, 3.8) is 0 Å². The highest BCUT2D eigenvalue weighted by molar-refractivity contribution is 6.32. The van der Waals surface area contributed by atoms with Crippen LogP contribution in [-0.4, -0.2) is 55.6 Å². The van der Waals surface area contributed by atoms with Crippen LogP contribution >= 0.6 is 11.6 Å². The maximum absolute atomic E-state index is 12.3. The van der Waals surface area contributed by atoms with E-state index in [0.29, 0.717) is 25.3 Å². The summed E-state index contributed by atoms with van der Waals surface area (Å²) in [6.45, 7) is 2.09. The van der Waals surface area contributed by atoms with E-state index < -0.39 is 30.4 Å². The average Bonchev–Trinajstić information content (AvgIpc) is 2.67. The fourth-order valence-electron chi connectivity index (χ4n) is 2.94. The molecule has 1 atom stereocenters. The molecule has 0 spiro atoms. The highest BCUT2D eigenvalue weighted by atomic mass is 35.5. The lowest BCUT2D eigenvalue weighted by molar-refractivity contribution is -0.143. The van der Waals surface area contributed by atoms with E-state index in [1.807, 2.05) is 0 Å². The Hall–Kier alpha value is -2.48. The molecule has 27 heavy (non-hydrogen) atoms. The summed E-state index contributed by atoms with van der Waals surface area (Å²) in [5.74, 6) is -1.15. The number of methoxy groups -OCH3 is 1. The second-order valence-electron chi connectivity index (χ2n) is 6.00. The van der Waals surface area contributed by atoms with Gasteiger partial charge in [0.25, 0.3) is 5.91 Å². The maximum Gasteiger partial charge on any atom is 0.338 e. The van der Waals surface area contributed by atoms with Crippen LogP contribution in [0.3, 0.4) is 0 Å². The van der Waals surface area contributed by atoms with Crippen molar-refractivity contribution in [3.8, 4) is 11.5 Å².